The fourth-order valence-corrected chi connectivity index (χ4v) is 3.07. The molecule has 0 saturated heterocycles. The van der Waals surface area contributed by atoms with Crippen molar-refractivity contribution in [1.82, 2.24) is 9.29 Å². The lowest BCUT2D eigenvalue weighted by molar-refractivity contribution is 0.113. The fraction of sp³-hybridized carbons (Fsp3) is 0.583. The van der Waals surface area contributed by atoms with Gasteiger partial charge >= 0.3 is 0 Å². The van der Waals surface area contributed by atoms with Gasteiger partial charge in [0.15, 0.2) is 0 Å². The number of rotatable bonds is 9. The second-order valence-corrected chi connectivity index (χ2v) is 6.22. The van der Waals surface area contributed by atoms with Gasteiger partial charge < -0.3 is 10.4 Å². The summed E-state index contributed by atoms with van der Waals surface area (Å²) >= 11 is 0. The smallest absolute Gasteiger partial charge is 0.252 e. The van der Waals surface area contributed by atoms with Gasteiger partial charge in [-0.3, -0.25) is 0 Å². The van der Waals surface area contributed by atoms with Gasteiger partial charge in [0.25, 0.3) is 6.43 Å². The van der Waals surface area contributed by atoms with Crippen LogP contribution >= 0.6 is 0 Å². The van der Waals surface area contributed by atoms with Crippen molar-refractivity contribution in [3.63, 3.8) is 0 Å². The van der Waals surface area contributed by atoms with E-state index in [9.17, 15) is 17.2 Å². The van der Waals surface area contributed by atoms with Gasteiger partial charge in [-0.1, -0.05) is 6.92 Å². The highest BCUT2D eigenvalue weighted by atomic mass is 32.2. The van der Waals surface area contributed by atoms with Crippen LogP contribution in [0.15, 0.2) is 23.2 Å². The van der Waals surface area contributed by atoms with Crippen LogP contribution in [0.4, 0.5) is 14.6 Å². The zero-order valence-corrected chi connectivity index (χ0v) is 12.5. The Morgan fingerprint density at radius 3 is 2.76 bits per heavy atom. The first-order valence-corrected chi connectivity index (χ1v) is 7.95. The van der Waals surface area contributed by atoms with Crippen molar-refractivity contribution in [3.05, 3.63) is 18.3 Å². The van der Waals surface area contributed by atoms with Crippen LogP contribution in [0.2, 0.25) is 0 Å². The number of nitrogens with one attached hydrogen (secondary N) is 1. The Hall–Kier alpha value is -1.32. The summed E-state index contributed by atoms with van der Waals surface area (Å²) < 4.78 is 50.2. The Bertz CT molecular complexity index is 540. The maximum Gasteiger partial charge on any atom is 0.252 e. The molecule has 9 heteroatoms. The molecule has 0 aliphatic carbocycles. The summed E-state index contributed by atoms with van der Waals surface area (Å²) in [6.07, 6.45) is -0.684. The summed E-state index contributed by atoms with van der Waals surface area (Å²) in [5, 5.41) is 11.8. The standard InChI is InChI=1S/C12H19F2N3O3S/c1-2-4-15-12-8-10(3-5-16-12)21(19,20)17(6-7-18)9-11(13)14/h3,5,8,11,18H,2,4,6-7,9H2,1H3,(H,15,16). The van der Waals surface area contributed by atoms with E-state index in [0.717, 1.165) is 6.42 Å². The number of alkyl halides is 2. The van der Waals surface area contributed by atoms with E-state index in [0.29, 0.717) is 16.7 Å². The minimum atomic E-state index is -4.09. The highest BCUT2D eigenvalue weighted by Crippen LogP contribution is 2.18. The van der Waals surface area contributed by atoms with E-state index in [1.807, 2.05) is 6.92 Å². The summed E-state index contributed by atoms with van der Waals surface area (Å²) in [7, 11) is -4.09. The van der Waals surface area contributed by atoms with E-state index in [2.05, 4.69) is 10.3 Å². The van der Waals surface area contributed by atoms with Gasteiger partial charge in [-0.15, -0.1) is 0 Å². The Kier molecular flexibility index (Phi) is 6.93. The summed E-state index contributed by atoms with van der Waals surface area (Å²) in [6, 6.07) is 2.53. The molecule has 0 aromatic carbocycles. The molecule has 120 valence electrons. The number of halogens is 2. The molecule has 1 heterocycles. The van der Waals surface area contributed by atoms with Crippen LogP contribution < -0.4 is 5.32 Å². The third-order valence-corrected chi connectivity index (χ3v) is 4.48. The number of aromatic nitrogens is 1. The molecule has 0 radical (unpaired) electrons. The van der Waals surface area contributed by atoms with E-state index in [1.165, 1.54) is 18.3 Å². The van der Waals surface area contributed by atoms with Gasteiger partial charge in [0.1, 0.15) is 5.82 Å². The van der Waals surface area contributed by atoms with Gasteiger partial charge in [0, 0.05) is 25.4 Å². The zero-order valence-electron chi connectivity index (χ0n) is 11.7. The Labute approximate surface area is 122 Å². The van der Waals surface area contributed by atoms with E-state index >= 15 is 0 Å². The summed E-state index contributed by atoms with van der Waals surface area (Å²) in [4.78, 5) is 3.83. The largest absolute Gasteiger partial charge is 0.395 e. The molecule has 1 aromatic heterocycles. The number of hydrogen-bond acceptors (Lipinski definition) is 5. The minimum absolute atomic E-state index is 0.134. The number of anilines is 1. The number of hydrogen-bond donors (Lipinski definition) is 2. The van der Waals surface area contributed by atoms with Crippen LogP contribution in [0.5, 0.6) is 0 Å². The highest BCUT2D eigenvalue weighted by molar-refractivity contribution is 7.89. The van der Waals surface area contributed by atoms with Crippen molar-refractivity contribution in [2.45, 2.75) is 24.7 Å². The number of pyridine rings is 1. The molecule has 0 bridgehead atoms. The Morgan fingerprint density at radius 1 is 1.48 bits per heavy atom. The van der Waals surface area contributed by atoms with Crippen molar-refractivity contribution in [2.24, 2.45) is 0 Å². The number of sulfonamides is 1. The predicted octanol–water partition coefficient (Wildman–Crippen LogP) is 1.15. The first-order valence-electron chi connectivity index (χ1n) is 6.51. The highest BCUT2D eigenvalue weighted by Gasteiger charge is 2.27. The summed E-state index contributed by atoms with van der Waals surface area (Å²) in [5.41, 5.74) is 0. The Balaban J connectivity index is 3.03. The van der Waals surface area contributed by atoms with Crippen LogP contribution in [0.25, 0.3) is 0 Å². The van der Waals surface area contributed by atoms with Crippen LogP contribution in [-0.2, 0) is 10.0 Å². The van der Waals surface area contributed by atoms with Gasteiger partial charge in [-0.05, 0) is 12.5 Å². The third kappa shape index (κ3) is 5.18. The van der Waals surface area contributed by atoms with Gasteiger partial charge in [-0.2, -0.15) is 4.31 Å². The molecule has 0 amide bonds. The number of aliphatic hydroxyl groups is 1. The lowest BCUT2D eigenvalue weighted by Gasteiger charge is -2.21. The SMILES string of the molecule is CCCNc1cc(S(=O)(=O)N(CCO)CC(F)F)ccn1. The zero-order chi connectivity index (χ0) is 15.9. The quantitative estimate of drug-likeness (QED) is 0.712. The van der Waals surface area contributed by atoms with Crippen molar-refractivity contribution in [3.8, 4) is 0 Å². The monoisotopic (exact) mass is 323 g/mol. The van der Waals surface area contributed by atoms with Crippen LogP contribution in [0.3, 0.4) is 0 Å². The van der Waals surface area contributed by atoms with Crippen LogP contribution in [-0.4, -0.2) is 55.5 Å². The van der Waals surface area contributed by atoms with Crippen LogP contribution in [0, 0.1) is 0 Å². The van der Waals surface area contributed by atoms with Crippen molar-refractivity contribution in [1.29, 1.82) is 0 Å². The van der Waals surface area contributed by atoms with E-state index in [4.69, 9.17) is 5.11 Å². The summed E-state index contributed by atoms with van der Waals surface area (Å²) in [5.74, 6) is 0.360. The molecule has 0 aliphatic heterocycles. The minimum Gasteiger partial charge on any atom is -0.395 e. The molecule has 1 rings (SSSR count). The molecule has 0 spiro atoms. The molecule has 0 fully saturated rings. The molecule has 0 aliphatic rings. The molecule has 0 unspecified atom stereocenters. The molecule has 2 N–H and O–H groups in total. The van der Waals surface area contributed by atoms with Crippen LogP contribution in [0.1, 0.15) is 13.3 Å². The van der Waals surface area contributed by atoms with E-state index in [-0.39, 0.29) is 11.4 Å². The topological polar surface area (TPSA) is 82.5 Å². The average Bonchev–Trinajstić information content (AvgIpc) is 2.44. The van der Waals surface area contributed by atoms with E-state index < -0.39 is 29.6 Å². The second-order valence-electron chi connectivity index (χ2n) is 4.28. The van der Waals surface area contributed by atoms with E-state index in [1.54, 1.807) is 0 Å². The molecule has 1 aromatic rings. The molecule has 0 saturated carbocycles. The van der Waals surface area contributed by atoms with Crippen molar-refractivity contribution in [2.75, 3.05) is 31.6 Å². The number of nitrogens with zero attached hydrogens (tertiary/aromatic N) is 2. The van der Waals surface area contributed by atoms with Gasteiger partial charge in [0.2, 0.25) is 10.0 Å². The maximum atomic E-state index is 12.5. The second kappa shape index (κ2) is 8.20. The van der Waals surface area contributed by atoms with Gasteiger partial charge in [-0.25, -0.2) is 22.2 Å². The molecular formula is C12H19F2N3O3S. The maximum absolute atomic E-state index is 12.5. The Morgan fingerprint density at radius 2 is 2.19 bits per heavy atom. The third-order valence-electron chi connectivity index (χ3n) is 2.62. The molecular weight excluding hydrogens is 304 g/mol. The van der Waals surface area contributed by atoms with Gasteiger partial charge in [0.05, 0.1) is 18.0 Å². The lowest BCUT2D eigenvalue weighted by atomic mass is 10.4. The lowest BCUT2D eigenvalue weighted by Crippen LogP contribution is -2.37. The first-order chi connectivity index (χ1) is 9.91. The molecule has 21 heavy (non-hydrogen) atoms. The molecule has 0 atom stereocenters. The fourth-order valence-electron chi connectivity index (χ4n) is 1.65. The number of aliphatic hydroxyl groups excluding tert-OH is 1. The predicted molar refractivity (Wildman–Crippen MR) is 74.9 cm³/mol. The van der Waals surface area contributed by atoms with Crippen molar-refractivity contribution < 1.29 is 22.3 Å². The van der Waals surface area contributed by atoms with Crippen molar-refractivity contribution >= 4 is 15.8 Å². The summed E-state index contributed by atoms with van der Waals surface area (Å²) in [6.45, 7) is 0.695. The molecule has 6 nitrogen and oxygen atoms in total. The average molecular weight is 323 g/mol. The first kappa shape index (κ1) is 17.7. The normalized spacial score (nSPS) is 12.1.